The third-order valence-electron chi connectivity index (χ3n) is 2.96. The Bertz CT molecular complexity index is 680. The molecular formula is C15H17ClN4O3. The minimum atomic E-state index is -1.07. The highest BCUT2D eigenvalue weighted by Gasteiger charge is 2.20. The number of aliphatic carboxylic acids is 1. The number of nitrogen functional groups attached to an aromatic ring is 1. The number of rotatable bonds is 6. The van der Waals surface area contributed by atoms with E-state index in [1.165, 1.54) is 18.2 Å². The molecule has 0 aliphatic carbocycles. The van der Waals surface area contributed by atoms with E-state index in [1.807, 2.05) is 0 Å². The number of hydrogen-bond donors (Lipinski definition) is 4. The van der Waals surface area contributed by atoms with Gasteiger partial charge in [0, 0.05) is 11.9 Å². The lowest BCUT2D eigenvalue weighted by Crippen LogP contribution is -2.38. The van der Waals surface area contributed by atoms with Crippen molar-refractivity contribution >= 4 is 34.9 Å². The van der Waals surface area contributed by atoms with Crippen LogP contribution in [0, 0.1) is 17.2 Å². The first-order chi connectivity index (χ1) is 10.8. The molecule has 1 unspecified atom stereocenters. The van der Waals surface area contributed by atoms with Crippen molar-refractivity contribution in [2.75, 3.05) is 11.1 Å². The predicted molar refractivity (Wildman–Crippen MR) is 87.6 cm³/mol. The summed E-state index contributed by atoms with van der Waals surface area (Å²) in [6.45, 7) is 3.42. The molecule has 0 aliphatic heterocycles. The molecule has 1 rings (SSSR count). The van der Waals surface area contributed by atoms with Crippen LogP contribution in [0.1, 0.15) is 13.8 Å². The maximum absolute atomic E-state index is 12.0. The van der Waals surface area contributed by atoms with Gasteiger partial charge in [-0.3, -0.25) is 4.79 Å². The van der Waals surface area contributed by atoms with Gasteiger partial charge in [-0.2, -0.15) is 5.26 Å². The Morgan fingerprint density at radius 3 is 2.57 bits per heavy atom. The van der Waals surface area contributed by atoms with Crippen molar-refractivity contribution in [1.82, 2.24) is 5.32 Å². The van der Waals surface area contributed by atoms with Crippen molar-refractivity contribution in [2.24, 2.45) is 5.92 Å². The van der Waals surface area contributed by atoms with Crippen molar-refractivity contribution in [2.45, 2.75) is 19.9 Å². The number of carbonyl (C=O) groups is 2. The van der Waals surface area contributed by atoms with Crippen molar-refractivity contribution in [3.63, 3.8) is 0 Å². The summed E-state index contributed by atoms with van der Waals surface area (Å²) in [4.78, 5) is 23.1. The van der Waals surface area contributed by atoms with Crippen LogP contribution in [0.4, 0.5) is 11.4 Å². The molecule has 0 radical (unpaired) electrons. The van der Waals surface area contributed by atoms with Gasteiger partial charge in [0.2, 0.25) is 0 Å². The highest BCUT2D eigenvalue weighted by atomic mass is 35.5. The Hall–Kier alpha value is -2.72. The predicted octanol–water partition coefficient (Wildman–Crippen LogP) is 1.97. The zero-order valence-electron chi connectivity index (χ0n) is 12.6. The Balaban J connectivity index is 2.86. The van der Waals surface area contributed by atoms with Gasteiger partial charge in [-0.1, -0.05) is 25.4 Å². The van der Waals surface area contributed by atoms with E-state index < -0.39 is 17.9 Å². The molecule has 5 N–H and O–H groups in total. The highest BCUT2D eigenvalue weighted by molar-refractivity contribution is 6.33. The van der Waals surface area contributed by atoms with Crippen LogP contribution in [-0.2, 0) is 9.59 Å². The Labute approximate surface area is 138 Å². The lowest BCUT2D eigenvalue weighted by atomic mass is 10.1. The standard InChI is InChI=1S/C15H17ClN4O3/c1-8(2)13(15(22)23)19-7-9(6-17)14(21)20-10-3-4-12(18)11(16)5-10/h3-5,7-8,13,19H,18H2,1-2H3,(H,20,21)(H,22,23)/b9-7-. The molecule has 1 atom stereocenters. The normalized spacial score (nSPS) is 12.4. The number of carboxylic acid groups (broad SMARTS) is 1. The number of benzene rings is 1. The number of halogens is 1. The highest BCUT2D eigenvalue weighted by Crippen LogP contribution is 2.22. The van der Waals surface area contributed by atoms with E-state index in [0.29, 0.717) is 11.4 Å². The molecule has 0 heterocycles. The van der Waals surface area contributed by atoms with E-state index in [1.54, 1.807) is 19.9 Å². The molecule has 0 aromatic heterocycles. The fourth-order valence-corrected chi connectivity index (χ4v) is 1.85. The van der Waals surface area contributed by atoms with E-state index in [2.05, 4.69) is 10.6 Å². The lowest BCUT2D eigenvalue weighted by molar-refractivity contribution is -0.140. The SMILES string of the molecule is CC(C)C(N/C=C(/C#N)C(=O)Nc1ccc(N)c(Cl)c1)C(=O)O. The largest absolute Gasteiger partial charge is 0.480 e. The monoisotopic (exact) mass is 336 g/mol. The molecule has 23 heavy (non-hydrogen) atoms. The maximum atomic E-state index is 12.0. The molecule has 1 aromatic carbocycles. The minimum absolute atomic E-state index is 0.220. The van der Waals surface area contributed by atoms with Gasteiger partial charge < -0.3 is 21.5 Å². The lowest BCUT2D eigenvalue weighted by Gasteiger charge is -2.16. The number of carboxylic acids is 1. The van der Waals surface area contributed by atoms with E-state index in [-0.39, 0.29) is 16.5 Å². The summed E-state index contributed by atoms with van der Waals surface area (Å²) >= 11 is 5.85. The van der Waals surface area contributed by atoms with Crippen LogP contribution < -0.4 is 16.4 Å². The fourth-order valence-electron chi connectivity index (χ4n) is 1.67. The number of carbonyl (C=O) groups excluding carboxylic acids is 1. The molecule has 0 fully saturated rings. The molecule has 8 heteroatoms. The van der Waals surface area contributed by atoms with Gasteiger partial charge in [0.25, 0.3) is 5.91 Å². The number of amides is 1. The van der Waals surface area contributed by atoms with Crippen molar-refractivity contribution in [1.29, 1.82) is 5.26 Å². The average Bonchev–Trinajstić information content (AvgIpc) is 2.46. The third-order valence-corrected chi connectivity index (χ3v) is 3.29. The van der Waals surface area contributed by atoms with Crippen LogP contribution in [-0.4, -0.2) is 23.0 Å². The van der Waals surface area contributed by atoms with E-state index in [0.717, 1.165) is 6.20 Å². The Kier molecular flexibility index (Phi) is 6.42. The maximum Gasteiger partial charge on any atom is 0.326 e. The summed E-state index contributed by atoms with van der Waals surface area (Å²) < 4.78 is 0. The van der Waals surface area contributed by atoms with Crippen LogP contribution in [0.3, 0.4) is 0 Å². The smallest absolute Gasteiger partial charge is 0.326 e. The summed E-state index contributed by atoms with van der Waals surface area (Å²) in [7, 11) is 0. The molecule has 0 saturated heterocycles. The summed E-state index contributed by atoms with van der Waals surface area (Å²) in [5, 5.41) is 23.4. The molecule has 0 saturated carbocycles. The molecule has 0 bridgehead atoms. The van der Waals surface area contributed by atoms with Crippen LogP contribution in [0.5, 0.6) is 0 Å². The molecule has 122 valence electrons. The van der Waals surface area contributed by atoms with Crippen LogP contribution in [0.2, 0.25) is 5.02 Å². The van der Waals surface area contributed by atoms with Gasteiger partial charge in [-0.15, -0.1) is 0 Å². The first-order valence-electron chi connectivity index (χ1n) is 6.71. The summed E-state index contributed by atoms with van der Waals surface area (Å²) in [5.41, 5.74) is 6.04. The van der Waals surface area contributed by atoms with Crippen molar-refractivity contribution in [3.05, 3.63) is 35.0 Å². The van der Waals surface area contributed by atoms with E-state index >= 15 is 0 Å². The molecule has 1 amide bonds. The molecule has 7 nitrogen and oxygen atoms in total. The van der Waals surface area contributed by atoms with Gasteiger partial charge in [0.05, 0.1) is 10.7 Å². The van der Waals surface area contributed by atoms with Crippen LogP contribution in [0.15, 0.2) is 30.0 Å². The number of nitrogens with two attached hydrogens (primary N) is 1. The zero-order chi connectivity index (χ0) is 17.6. The second-order valence-electron chi connectivity index (χ2n) is 5.09. The Morgan fingerprint density at radius 2 is 2.09 bits per heavy atom. The molecule has 0 aliphatic rings. The fraction of sp³-hybridized carbons (Fsp3) is 0.267. The van der Waals surface area contributed by atoms with Crippen molar-refractivity contribution < 1.29 is 14.7 Å². The van der Waals surface area contributed by atoms with Crippen LogP contribution >= 0.6 is 11.6 Å². The second-order valence-corrected chi connectivity index (χ2v) is 5.49. The summed E-state index contributed by atoms with van der Waals surface area (Å²) in [5.74, 6) is -1.98. The van der Waals surface area contributed by atoms with Gasteiger partial charge >= 0.3 is 5.97 Å². The first kappa shape index (κ1) is 18.3. The van der Waals surface area contributed by atoms with Gasteiger partial charge in [-0.05, 0) is 24.1 Å². The van der Waals surface area contributed by atoms with Gasteiger partial charge in [-0.25, -0.2) is 4.79 Å². The Morgan fingerprint density at radius 1 is 1.43 bits per heavy atom. The topological polar surface area (TPSA) is 128 Å². The molecule has 1 aromatic rings. The molecule has 0 spiro atoms. The number of anilines is 2. The van der Waals surface area contributed by atoms with Gasteiger partial charge in [0.15, 0.2) is 0 Å². The number of hydrogen-bond acceptors (Lipinski definition) is 5. The van der Waals surface area contributed by atoms with E-state index in [4.69, 9.17) is 27.7 Å². The third kappa shape index (κ3) is 5.20. The average molecular weight is 337 g/mol. The second kappa shape index (κ2) is 8.06. The van der Waals surface area contributed by atoms with Crippen molar-refractivity contribution in [3.8, 4) is 6.07 Å². The number of nitriles is 1. The van der Waals surface area contributed by atoms with Crippen LogP contribution in [0.25, 0.3) is 0 Å². The zero-order valence-corrected chi connectivity index (χ0v) is 13.4. The minimum Gasteiger partial charge on any atom is -0.480 e. The molecular weight excluding hydrogens is 320 g/mol. The summed E-state index contributed by atoms with van der Waals surface area (Å²) in [6.07, 6.45) is 1.09. The summed E-state index contributed by atoms with van der Waals surface area (Å²) in [6, 6.07) is 5.32. The van der Waals surface area contributed by atoms with E-state index in [9.17, 15) is 9.59 Å². The quantitative estimate of drug-likeness (QED) is 0.357. The first-order valence-corrected chi connectivity index (χ1v) is 7.09. The van der Waals surface area contributed by atoms with Gasteiger partial charge in [0.1, 0.15) is 17.7 Å². The number of nitrogens with zero attached hydrogens (tertiary/aromatic N) is 1. The number of nitrogens with one attached hydrogen (secondary N) is 2.